The minimum atomic E-state index is -0.900. The summed E-state index contributed by atoms with van der Waals surface area (Å²) in [7, 11) is 0. The quantitative estimate of drug-likeness (QED) is 0.807. The Hall–Kier alpha value is -3.08. The number of hydrogen-bond donors (Lipinski definition) is 2. The van der Waals surface area contributed by atoms with Gasteiger partial charge in [0.15, 0.2) is 0 Å². The van der Waals surface area contributed by atoms with Gasteiger partial charge in [0.05, 0.1) is 12.0 Å². The predicted molar refractivity (Wildman–Crippen MR) is 101 cm³/mol. The minimum absolute atomic E-state index is 0.0136. The van der Waals surface area contributed by atoms with Crippen molar-refractivity contribution in [2.75, 3.05) is 6.61 Å². The maximum absolute atomic E-state index is 12.3. The first-order valence-electron chi connectivity index (χ1n) is 9.16. The maximum atomic E-state index is 12.3. The van der Waals surface area contributed by atoms with Gasteiger partial charge in [0.2, 0.25) is 0 Å². The van der Waals surface area contributed by atoms with E-state index in [1.54, 1.807) is 6.08 Å². The Labute approximate surface area is 157 Å². The number of allylic oxidation sites excluding steroid dienone is 1. The lowest BCUT2D eigenvalue weighted by molar-refractivity contribution is -0.142. The molecule has 4 rings (SSSR count). The van der Waals surface area contributed by atoms with Crippen LogP contribution in [0.5, 0.6) is 0 Å². The number of aliphatic carboxylic acids is 1. The number of rotatable bonds is 4. The van der Waals surface area contributed by atoms with E-state index in [1.165, 1.54) is 11.1 Å². The second-order valence-electron chi connectivity index (χ2n) is 6.95. The largest absolute Gasteiger partial charge is 0.481 e. The zero-order valence-electron chi connectivity index (χ0n) is 14.8. The highest BCUT2D eigenvalue weighted by molar-refractivity contribution is 5.79. The second kappa shape index (κ2) is 7.27. The zero-order valence-corrected chi connectivity index (χ0v) is 14.8. The first-order chi connectivity index (χ1) is 13.1. The molecule has 2 aromatic rings. The number of nitrogens with one attached hydrogen (secondary N) is 1. The average Bonchev–Trinajstić information content (AvgIpc) is 3.00. The Morgan fingerprint density at radius 1 is 1.04 bits per heavy atom. The highest BCUT2D eigenvalue weighted by Crippen LogP contribution is 2.44. The molecule has 0 saturated heterocycles. The van der Waals surface area contributed by atoms with E-state index < -0.39 is 24.0 Å². The van der Waals surface area contributed by atoms with Gasteiger partial charge in [0.25, 0.3) is 0 Å². The molecule has 1 amide bonds. The molecule has 0 heterocycles. The minimum Gasteiger partial charge on any atom is -0.481 e. The van der Waals surface area contributed by atoms with Gasteiger partial charge in [-0.3, -0.25) is 4.79 Å². The molecule has 5 nitrogen and oxygen atoms in total. The van der Waals surface area contributed by atoms with Gasteiger partial charge in [-0.1, -0.05) is 60.7 Å². The van der Waals surface area contributed by atoms with Crippen LogP contribution in [-0.2, 0) is 9.53 Å². The SMILES string of the molecule is O=C(N[C@H]1C=CCC[C@@H]1C(=O)O)OCC1c2ccccc2-c2ccccc21. The molecule has 138 valence electrons. The molecule has 0 aromatic heterocycles. The van der Waals surface area contributed by atoms with Crippen LogP contribution in [0.3, 0.4) is 0 Å². The van der Waals surface area contributed by atoms with Crippen LogP contribution in [0.2, 0.25) is 0 Å². The average molecular weight is 363 g/mol. The number of carboxylic acid groups (broad SMARTS) is 1. The van der Waals surface area contributed by atoms with E-state index in [1.807, 2.05) is 30.3 Å². The molecule has 0 fully saturated rings. The third kappa shape index (κ3) is 3.33. The predicted octanol–water partition coefficient (Wildman–Crippen LogP) is 3.94. The summed E-state index contributed by atoms with van der Waals surface area (Å²) in [5, 5.41) is 12.0. The molecule has 0 unspecified atom stereocenters. The summed E-state index contributed by atoms with van der Waals surface area (Å²) in [6.07, 6.45) is 4.28. The van der Waals surface area contributed by atoms with Crippen molar-refractivity contribution in [1.82, 2.24) is 5.32 Å². The summed E-state index contributed by atoms with van der Waals surface area (Å²) < 4.78 is 5.49. The second-order valence-corrected chi connectivity index (χ2v) is 6.95. The van der Waals surface area contributed by atoms with E-state index in [4.69, 9.17) is 4.74 Å². The fraction of sp³-hybridized carbons (Fsp3) is 0.273. The maximum Gasteiger partial charge on any atom is 0.407 e. The molecule has 0 spiro atoms. The van der Waals surface area contributed by atoms with Crippen molar-refractivity contribution >= 4 is 12.1 Å². The molecule has 2 atom stereocenters. The number of amides is 1. The van der Waals surface area contributed by atoms with E-state index in [-0.39, 0.29) is 12.5 Å². The molecule has 0 bridgehead atoms. The van der Waals surface area contributed by atoms with Gasteiger partial charge in [-0.15, -0.1) is 0 Å². The molecule has 0 aliphatic heterocycles. The zero-order chi connectivity index (χ0) is 18.8. The molecular weight excluding hydrogens is 342 g/mol. The van der Waals surface area contributed by atoms with Crippen LogP contribution in [0.1, 0.15) is 29.9 Å². The number of alkyl carbamates (subject to hydrolysis) is 1. The summed E-state index contributed by atoms with van der Waals surface area (Å²) in [6.45, 7) is 0.216. The summed E-state index contributed by atoms with van der Waals surface area (Å²) >= 11 is 0. The van der Waals surface area contributed by atoms with Crippen LogP contribution < -0.4 is 5.32 Å². The lowest BCUT2D eigenvalue weighted by atomic mass is 9.90. The van der Waals surface area contributed by atoms with E-state index >= 15 is 0 Å². The smallest absolute Gasteiger partial charge is 0.407 e. The molecule has 2 aliphatic carbocycles. The molecule has 0 radical (unpaired) electrons. The fourth-order valence-corrected chi connectivity index (χ4v) is 4.03. The van der Waals surface area contributed by atoms with Crippen molar-refractivity contribution in [2.45, 2.75) is 24.8 Å². The number of hydrogen-bond acceptors (Lipinski definition) is 3. The van der Waals surface area contributed by atoms with Gasteiger partial charge >= 0.3 is 12.1 Å². The first-order valence-corrected chi connectivity index (χ1v) is 9.16. The summed E-state index contributed by atoms with van der Waals surface area (Å²) in [6, 6.07) is 15.7. The van der Waals surface area contributed by atoms with Crippen molar-refractivity contribution in [1.29, 1.82) is 0 Å². The molecule has 5 heteroatoms. The number of carbonyl (C=O) groups excluding carboxylic acids is 1. The molecule has 27 heavy (non-hydrogen) atoms. The number of carbonyl (C=O) groups is 2. The summed E-state index contributed by atoms with van der Waals surface area (Å²) in [5.41, 5.74) is 4.63. The Morgan fingerprint density at radius 2 is 1.67 bits per heavy atom. The van der Waals surface area contributed by atoms with Crippen molar-refractivity contribution in [2.24, 2.45) is 5.92 Å². The van der Waals surface area contributed by atoms with Crippen molar-refractivity contribution in [3.63, 3.8) is 0 Å². The van der Waals surface area contributed by atoms with Crippen LogP contribution in [0.25, 0.3) is 11.1 Å². The number of carboxylic acids is 1. The Morgan fingerprint density at radius 3 is 2.30 bits per heavy atom. The van der Waals surface area contributed by atoms with E-state index in [0.29, 0.717) is 12.8 Å². The lowest BCUT2D eigenvalue weighted by Crippen LogP contribution is -2.43. The summed E-state index contributed by atoms with van der Waals surface area (Å²) in [5.74, 6) is -1.53. The van der Waals surface area contributed by atoms with E-state index in [9.17, 15) is 14.7 Å². The number of benzene rings is 2. The Bertz CT molecular complexity index is 859. The van der Waals surface area contributed by atoms with Crippen molar-refractivity contribution in [3.05, 3.63) is 71.8 Å². The van der Waals surface area contributed by atoms with Gasteiger partial charge in [-0.2, -0.15) is 0 Å². The third-order valence-corrected chi connectivity index (χ3v) is 5.37. The van der Waals surface area contributed by atoms with Crippen LogP contribution in [0, 0.1) is 5.92 Å². The van der Waals surface area contributed by atoms with Gasteiger partial charge < -0.3 is 15.2 Å². The topological polar surface area (TPSA) is 75.6 Å². The summed E-state index contributed by atoms with van der Waals surface area (Å²) in [4.78, 5) is 23.7. The normalized spacial score (nSPS) is 20.6. The van der Waals surface area contributed by atoms with Crippen LogP contribution >= 0.6 is 0 Å². The fourth-order valence-electron chi connectivity index (χ4n) is 4.03. The van der Waals surface area contributed by atoms with Crippen LogP contribution in [0.4, 0.5) is 4.79 Å². The van der Waals surface area contributed by atoms with Gasteiger partial charge in [0, 0.05) is 5.92 Å². The van der Waals surface area contributed by atoms with Crippen molar-refractivity contribution in [3.8, 4) is 11.1 Å². The highest BCUT2D eigenvalue weighted by atomic mass is 16.5. The molecular formula is C22H21NO4. The lowest BCUT2D eigenvalue weighted by Gasteiger charge is -2.25. The van der Waals surface area contributed by atoms with Gasteiger partial charge in [-0.25, -0.2) is 4.79 Å². The first kappa shape index (κ1) is 17.3. The van der Waals surface area contributed by atoms with Gasteiger partial charge in [-0.05, 0) is 35.1 Å². The third-order valence-electron chi connectivity index (χ3n) is 5.37. The molecule has 2 N–H and O–H groups in total. The highest BCUT2D eigenvalue weighted by Gasteiger charge is 2.31. The van der Waals surface area contributed by atoms with Crippen LogP contribution in [-0.4, -0.2) is 29.8 Å². The number of fused-ring (bicyclic) bond motifs is 3. The Kier molecular flexibility index (Phi) is 4.67. The molecule has 2 aliphatic rings. The Balaban J connectivity index is 1.46. The standard InChI is InChI=1S/C22H21NO4/c24-21(25)18-11-5-6-12-20(18)23-22(26)27-13-19-16-9-3-1-7-14(16)15-8-2-4-10-17(15)19/h1-4,6-10,12,18-20H,5,11,13H2,(H,23,26)(H,24,25)/t18-,20-/m0/s1. The van der Waals surface area contributed by atoms with Crippen molar-refractivity contribution < 1.29 is 19.4 Å². The van der Waals surface area contributed by atoms with Gasteiger partial charge in [0.1, 0.15) is 6.61 Å². The van der Waals surface area contributed by atoms with Crippen LogP contribution in [0.15, 0.2) is 60.7 Å². The molecule has 2 aromatic carbocycles. The van der Waals surface area contributed by atoms with E-state index in [0.717, 1.165) is 11.1 Å². The number of ether oxygens (including phenoxy) is 1. The monoisotopic (exact) mass is 363 g/mol. The van der Waals surface area contributed by atoms with E-state index in [2.05, 4.69) is 29.6 Å². The molecule has 0 saturated carbocycles.